The molecule has 0 aliphatic rings. The van der Waals surface area contributed by atoms with Gasteiger partial charge in [-0.1, -0.05) is 19.9 Å². The van der Waals surface area contributed by atoms with E-state index in [4.69, 9.17) is 0 Å². The lowest BCUT2D eigenvalue weighted by Crippen LogP contribution is -2.12. The van der Waals surface area contributed by atoms with Crippen LogP contribution in [0.15, 0.2) is 30.6 Å². The number of nitrogens with one attached hydrogen (secondary N) is 2. The second-order valence-electron chi connectivity index (χ2n) is 4.61. The highest BCUT2D eigenvalue weighted by molar-refractivity contribution is 5.37. The Bertz CT molecular complexity index is 499. The second kappa shape index (κ2) is 6.63. The topological polar surface area (TPSA) is 75.6 Å². The summed E-state index contributed by atoms with van der Waals surface area (Å²) < 4.78 is 0. The van der Waals surface area contributed by atoms with E-state index in [9.17, 15) is 0 Å². The molecule has 2 N–H and O–H groups in total. The summed E-state index contributed by atoms with van der Waals surface area (Å²) in [6, 6.07) is 5.81. The van der Waals surface area contributed by atoms with Crippen LogP contribution in [0.5, 0.6) is 0 Å². The van der Waals surface area contributed by atoms with Crippen LogP contribution in [0.25, 0.3) is 0 Å². The molecule has 0 aromatic carbocycles. The van der Waals surface area contributed by atoms with E-state index in [0.29, 0.717) is 24.2 Å². The smallest absolute Gasteiger partial charge is 0.244 e. The Morgan fingerprint density at radius 3 is 2.84 bits per heavy atom. The Balaban J connectivity index is 1.91. The Labute approximate surface area is 112 Å². The van der Waals surface area contributed by atoms with Crippen molar-refractivity contribution in [1.82, 2.24) is 20.2 Å². The number of hydrogen-bond donors (Lipinski definition) is 2. The summed E-state index contributed by atoms with van der Waals surface area (Å²) in [5.41, 5.74) is 0.956. The molecule has 6 nitrogen and oxygen atoms in total. The maximum absolute atomic E-state index is 4.34. The first-order valence-electron chi connectivity index (χ1n) is 6.31. The first-order valence-corrected chi connectivity index (χ1v) is 6.31. The van der Waals surface area contributed by atoms with E-state index in [1.165, 1.54) is 0 Å². The average molecular weight is 258 g/mol. The van der Waals surface area contributed by atoms with Crippen molar-refractivity contribution in [2.24, 2.45) is 5.92 Å². The summed E-state index contributed by atoms with van der Waals surface area (Å²) in [7, 11) is 0. The monoisotopic (exact) mass is 258 g/mol. The van der Waals surface area contributed by atoms with Crippen LogP contribution >= 0.6 is 0 Å². The maximum atomic E-state index is 4.34. The van der Waals surface area contributed by atoms with Crippen molar-refractivity contribution in [3.8, 4) is 0 Å². The van der Waals surface area contributed by atoms with Crippen LogP contribution in [0, 0.1) is 5.92 Å². The van der Waals surface area contributed by atoms with Crippen molar-refractivity contribution in [2.75, 3.05) is 17.2 Å². The summed E-state index contributed by atoms with van der Waals surface area (Å²) in [6.07, 6.45) is 3.37. The van der Waals surface area contributed by atoms with Crippen LogP contribution in [0.2, 0.25) is 0 Å². The molecule has 100 valence electrons. The molecule has 2 aromatic rings. The summed E-state index contributed by atoms with van der Waals surface area (Å²) in [5, 5.41) is 14.2. The highest BCUT2D eigenvalue weighted by Gasteiger charge is 2.01. The molecule has 0 spiro atoms. The molecule has 0 atom stereocenters. The first-order chi connectivity index (χ1) is 9.24. The first kappa shape index (κ1) is 13.2. The quantitative estimate of drug-likeness (QED) is 0.824. The van der Waals surface area contributed by atoms with Crippen LogP contribution in [0.4, 0.5) is 11.8 Å². The lowest BCUT2D eigenvalue weighted by Gasteiger charge is -2.08. The van der Waals surface area contributed by atoms with Crippen molar-refractivity contribution in [1.29, 1.82) is 0 Å². The van der Waals surface area contributed by atoms with E-state index in [1.54, 1.807) is 12.4 Å². The van der Waals surface area contributed by atoms with E-state index in [0.717, 1.165) is 12.2 Å². The van der Waals surface area contributed by atoms with E-state index in [-0.39, 0.29) is 0 Å². The molecule has 2 aromatic heterocycles. The van der Waals surface area contributed by atoms with Gasteiger partial charge in [0.15, 0.2) is 5.82 Å². The molecule has 0 aliphatic carbocycles. The van der Waals surface area contributed by atoms with Gasteiger partial charge in [0.1, 0.15) is 0 Å². The van der Waals surface area contributed by atoms with E-state index < -0.39 is 0 Å². The molecule has 0 unspecified atom stereocenters. The number of anilines is 2. The fraction of sp³-hybridized carbons (Fsp3) is 0.385. The normalized spacial score (nSPS) is 10.5. The van der Waals surface area contributed by atoms with Crippen molar-refractivity contribution >= 4 is 11.8 Å². The molecule has 0 saturated carbocycles. The molecule has 6 heteroatoms. The zero-order chi connectivity index (χ0) is 13.5. The number of rotatable bonds is 6. The van der Waals surface area contributed by atoms with Crippen LogP contribution in [0.1, 0.15) is 19.5 Å². The van der Waals surface area contributed by atoms with Gasteiger partial charge in [-0.15, -0.1) is 5.10 Å². The fourth-order valence-corrected chi connectivity index (χ4v) is 1.44. The Hall–Kier alpha value is -2.24. The van der Waals surface area contributed by atoms with E-state index >= 15 is 0 Å². The molecule has 2 heterocycles. The Morgan fingerprint density at radius 1 is 1.21 bits per heavy atom. The summed E-state index contributed by atoms with van der Waals surface area (Å²) in [4.78, 5) is 8.57. The molecular weight excluding hydrogens is 240 g/mol. The molecule has 0 saturated heterocycles. The molecule has 0 aliphatic heterocycles. The predicted molar refractivity (Wildman–Crippen MR) is 74.7 cm³/mol. The Kier molecular flexibility index (Phi) is 4.60. The highest BCUT2D eigenvalue weighted by atomic mass is 15.3. The number of pyridine rings is 1. The Morgan fingerprint density at radius 2 is 2.11 bits per heavy atom. The minimum absolute atomic E-state index is 0.536. The summed E-state index contributed by atoms with van der Waals surface area (Å²) >= 11 is 0. The molecule has 0 bridgehead atoms. The number of hydrogen-bond acceptors (Lipinski definition) is 6. The van der Waals surface area contributed by atoms with Gasteiger partial charge >= 0.3 is 0 Å². The lowest BCUT2D eigenvalue weighted by molar-refractivity contribution is 0.682. The predicted octanol–water partition coefficient (Wildman–Crippen LogP) is 1.95. The maximum Gasteiger partial charge on any atom is 0.244 e. The van der Waals surface area contributed by atoms with Crippen LogP contribution in [-0.2, 0) is 6.54 Å². The molecule has 0 radical (unpaired) electrons. The van der Waals surface area contributed by atoms with E-state index in [1.807, 2.05) is 18.2 Å². The van der Waals surface area contributed by atoms with Gasteiger partial charge in [0.2, 0.25) is 5.95 Å². The van der Waals surface area contributed by atoms with Crippen molar-refractivity contribution in [3.05, 3.63) is 36.3 Å². The summed E-state index contributed by atoms with van der Waals surface area (Å²) in [6.45, 7) is 5.70. The largest absolute Gasteiger partial charge is 0.363 e. The molecule has 19 heavy (non-hydrogen) atoms. The molecule has 0 fully saturated rings. The second-order valence-corrected chi connectivity index (χ2v) is 4.61. The van der Waals surface area contributed by atoms with Crippen LogP contribution < -0.4 is 10.6 Å². The highest BCUT2D eigenvalue weighted by Crippen LogP contribution is 2.06. The van der Waals surface area contributed by atoms with Gasteiger partial charge in [-0.2, -0.15) is 10.1 Å². The van der Waals surface area contributed by atoms with Gasteiger partial charge in [0.25, 0.3) is 0 Å². The minimum Gasteiger partial charge on any atom is -0.363 e. The minimum atomic E-state index is 0.536. The third-order valence-electron chi connectivity index (χ3n) is 2.40. The number of nitrogens with zero attached hydrogens (tertiary/aromatic N) is 4. The molecule has 0 amide bonds. The van der Waals surface area contributed by atoms with Crippen molar-refractivity contribution in [3.63, 3.8) is 0 Å². The molecular formula is C13H18N6. The van der Waals surface area contributed by atoms with Gasteiger partial charge in [-0.05, 0) is 18.1 Å². The zero-order valence-electron chi connectivity index (χ0n) is 11.2. The van der Waals surface area contributed by atoms with Gasteiger partial charge in [-0.25, -0.2) is 0 Å². The van der Waals surface area contributed by atoms with Crippen molar-refractivity contribution in [2.45, 2.75) is 20.4 Å². The third-order valence-corrected chi connectivity index (χ3v) is 2.40. The third kappa shape index (κ3) is 4.50. The van der Waals surface area contributed by atoms with Gasteiger partial charge in [-0.3, -0.25) is 4.98 Å². The zero-order valence-corrected chi connectivity index (χ0v) is 11.2. The lowest BCUT2D eigenvalue weighted by atomic mass is 10.2. The summed E-state index contributed by atoms with van der Waals surface area (Å²) in [5.74, 6) is 1.76. The van der Waals surface area contributed by atoms with E-state index in [2.05, 4.69) is 44.6 Å². The molecule has 2 rings (SSSR count). The standard InChI is InChI=1S/C13H18N6/c1-10(2)7-16-13-18-12(9-17-19-13)15-8-11-5-3-4-6-14-11/h3-6,9-10H,7-8H2,1-2H3,(H2,15,16,18,19). The SMILES string of the molecule is CC(C)CNc1nncc(NCc2ccccn2)n1. The van der Waals surface area contributed by atoms with Gasteiger partial charge in [0.05, 0.1) is 18.4 Å². The fourth-order valence-electron chi connectivity index (χ4n) is 1.44. The van der Waals surface area contributed by atoms with Gasteiger partial charge < -0.3 is 10.6 Å². The van der Waals surface area contributed by atoms with Gasteiger partial charge in [0, 0.05) is 12.7 Å². The van der Waals surface area contributed by atoms with Crippen LogP contribution in [-0.4, -0.2) is 26.7 Å². The van der Waals surface area contributed by atoms with Crippen molar-refractivity contribution < 1.29 is 0 Å². The van der Waals surface area contributed by atoms with Crippen LogP contribution in [0.3, 0.4) is 0 Å². The average Bonchev–Trinajstić information content (AvgIpc) is 2.44. The number of aromatic nitrogens is 4.